The van der Waals surface area contributed by atoms with Gasteiger partial charge < -0.3 is 10.1 Å². The summed E-state index contributed by atoms with van der Waals surface area (Å²) in [5.41, 5.74) is 0.744. The molecule has 2 aromatic carbocycles. The van der Waals surface area contributed by atoms with Crippen molar-refractivity contribution in [2.45, 2.75) is 4.90 Å². The lowest BCUT2D eigenvalue weighted by Crippen LogP contribution is -2.20. The van der Waals surface area contributed by atoms with Crippen LogP contribution in [0.15, 0.2) is 77.3 Å². The van der Waals surface area contributed by atoms with Crippen LogP contribution in [0.4, 0.5) is 10.8 Å². The van der Waals surface area contributed by atoms with Crippen molar-refractivity contribution in [3.63, 3.8) is 0 Å². The second kappa shape index (κ2) is 8.47. The Morgan fingerprint density at radius 3 is 2.63 bits per heavy atom. The molecule has 0 bridgehead atoms. The first-order valence-corrected chi connectivity index (χ1v) is 11.2. The summed E-state index contributed by atoms with van der Waals surface area (Å²) >= 11 is 1.18. The van der Waals surface area contributed by atoms with Crippen LogP contribution in [0.3, 0.4) is 0 Å². The maximum absolute atomic E-state index is 12.8. The summed E-state index contributed by atoms with van der Waals surface area (Å²) in [6.07, 6.45) is 3.04. The number of pyridine rings is 1. The van der Waals surface area contributed by atoms with Gasteiger partial charge in [-0.2, -0.15) is 0 Å². The van der Waals surface area contributed by atoms with Crippen molar-refractivity contribution < 1.29 is 20.8 Å². The highest BCUT2D eigenvalue weighted by Gasteiger charge is 2.21. The lowest BCUT2D eigenvalue weighted by Gasteiger charge is -2.13. The average molecular weight is 445 g/mol. The third kappa shape index (κ3) is 4.39. The number of hydrogen-bond acceptors (Lipinski definition) is 7. The number of thiazole rings is 1. The maximum Gasteiger partial charge on any atom is 0.264 e. The number of nitrogens with one attached hydrogen (secondary N) is 2. The maximum atomic E-state index is 12.8. The number of para-hydroxylation sites is 1. The van der Waals surface area contributed by atoms with Crippen LogP contribution in [-0.4, -0.2) is 30.9 Å². The SMILES string of the molecule is O=C(COc1ccccc1)Nc1ccc(S(=O)(=O)Nc2nccs2)c2cccnc12.[HH].[HH]. The smallest absolute Gasteiger partial charge is 0.264 e. The highest BCUT2D eigenvalue weighted by Crippen LogP contribution is 2.29. The van der Waals surface area contributed by atoms with E-state index in [0.717, 1.165) is 0 Å². The van der Waals surface area contributed by atoms with E-state index in [4.69, 9.17) is 4.74 Å². The topological polar surface area (TPSA) is 110 Å². The van der Waals surface area contributed by atoms with Crippen molar-refractivity contribution in [2.24, 2.45) is 0 Å². The number of carbonyl (C=O) groups excluding carboxylic acids is 1. The summed E-state index contributed by atoms with van der Waals surface area (Å²) in [7, 11) is -3.88. The molecule has 0 atom stereocenters. The van der Waals surface area contributed by atoms with Gasteiger partial charge in [0, 0.05) is 26.0 Å². The van der Waals surface area contributed by atoms with Crippen molar-refractivity contribution in [1.82, 2.24) is 9.97 Å². The first-order chi connectivity index (χ1) is 14.5. The highest BCUT2D eigenvalue weighted by atomic mass is 32.2. The summed E-state index contributed by atoms with van der Waals surface area (Å²) in [6, 6.07) is 15.2. The molecular weight excluding hydrogens is 424 g/mol. The number of rotatable bonds is 7. The summed E-state index contributed by atoms with van der Waals surface area (Å²) in [5.74, 6) is 0.188. The van der Waals surface area contributed by atoms with Gasteiger partial charge in [-0.15, -0.1) is 11.3 Å². The fraction of sp³-hybridized carbons (Fsp3) is 0.0500. The van der Waals surface area contributed by atoms with Crippen molar-refractivity contribution in [2.75, 3.05) is 16.6 Å². The van der Waals surface area contributed by atoms with Crippen LogP contribution in [0.1, 0.15) is 2.85 Å². The van der Waals surface area contributed by atoms with E-state index >= 15 is 0 Å². The third-order valence-electron chi connectivity index (χ3n) is 4.06. The number of anilines is 2. The van der Waals surface area contributed by atoms with E-state index in [1.807, 2.05) is 18.2 Å². The van der Waals surface area contributed by atoms with E-state index in [1.54, 1.807) is 29.6 Å². The minimum atomic E-state index is -3.88. The standard InChI is InChI=1S/C20H16N4O4S2.2H2/c25-18(13-28-14-5-2-1-3-6-14)23-16-8-9-17(15-7-4-10-21-19(15)16)30(26,27)24-20-22-11-12-29-20;;/h1-12H,13H2,(H,22,24)(H,23,25);2*1H. The van der Waals surface area contributed by atoms with Crippen LogP contribution >= 0.6 is 11.3 Å². The van der Waals surface area contributed by atoms with E-state index in [2.05, 4.69) is 20.0 Å². The molecule has 10 heteroatoms. The molecule has 1 amide bonds. The number of fused-ring (bicyclic) bond motifs is 1. The van der Waals surface area contributed by atoms with E-state index in [0.29, 0.717) is 22.3 Å². The molecule has 4 aromatic rings. The average Bonchev–Trinajstić information content (AvgIpc) is 3.25. The Bertz CT molecular complexity index is 1290. The molecule has 30 heavy (non-hydrogen) atoms. The van der Waals surface area contributed by atoms with Crippen molar-refractivity contribution in [3.05, 3.63) is 72.4 Å². The summed E-state index contributed by atoms with van der Waals surface area (Å²) in [4.78, 5) is 20.6. The fourth-order valence-corrected chi connectivity index (χ4v) is 4.77. The quantitative estimate of drug-likeness (QED) is 0.446. The number of benzene rings is 2. The molecule has 2 aromatic heterocycles. The molecular formula is C20H20N4O4S2. The van der Waals surface area contributed by atoms with Crippen molar-refractivity contribution in [3.8, 4) is 5.75 Å². The first kappa shape index (κ1) is 19.8. The van der Waals surface area contributed by atoms with Gasteiger partial charge in [0.05, 0.1) is 16.1 Å². The monoisotopic (exact) mass is 444 g/mol. The number of aromatic nitrogens is 2. The third-order valence-corrected chi connectivity index (χ3v) is 6.28. The molecule has 0 saturated carbocycles. The molecule has 0 unspecified atom stereocenters. The fourth-order valence-electron chi connectivity index (χ4n) is 2.78. The molecule has 0 fully saturated rings. The molecule has 0 saturated heterocycles. The van der Waals surface area contributed by atoms with Gasteiger partial charge in [-0.1, -0.05) is 18.2 Å². The number of nitrogens with zero attached hydrogens (tertiary/aromatic N) is 2. The molecule has 156 valence electrons. The Morgan fingerprint density at radius 1 is 1.03 bits per heavy atom. The molecule has 0 aliphatic carbocycles. The van der Waals surface area contributed by atoms with E-state index < -0.39 is 10.0 Å². The van der Waals surface area contributed by atoms with Gasteiger partial charge in [0.1, 0.15) is 5.75 Å². The molecule has 8 nitrogen and oxygen atoms in total. The second-order valence-corrected chi connectivity index (χ2v) is 8.65. The van der Waals surface area contributed by atoms with Crippen LogP contribution in [0, 0.1) is 0 Å². The van der Waals surface area contributed by atoms with Gasteiger partial charge in [0.25, 0.3) is 15.9 Å². The van der Waals surface area contributed by atoms with Gasteiger partial charge >= 0.3 is 0 Å². The zero-order chi connectivity index (χ0) is 21.0. The Labute approximate surface area is 179 Å². The Morgan fingerprint density at radius 2 is 1.87 bits per heavy atom. The number of amides is 1. The van der Waals surface area contributed by atoms with E-state index in [1.165, 1.54) is 35.9 Å². The molecule has 4 rings (SSSR count). The molecule has 2 heterocycles. The number of hydrogen-bond donors (Lipinski definition) is 2. The van der Waals surface area contributed by atoms with Crippen molar-refractivity contribution in [1.29, 1.82) is 0 Å². The van der Waals surface area contributed by atoms with Gasteiger partial charge in [-0.3, -0.25) is 14.5 Å². The zero-order valence-electron chi connectivity index (χ0n) is 15.5. The largest absolute Gasteiger partial charge is 0.484 e. The minimum absolute atomic E-state index is 0. The van der Waals surface area contributed by atoms with Crippen LogP contribution in [-0.2, 0) is 14.8 Å². The number of sulfonamides is 1. The Hall–Kier alpha value is -3.50. The lowest BCUT2D eigenvalue weighted by molar-refractivity contribution is -0.118. The summed E-state index contributed by atoms with van der Waals surface area (Å²) < 4.78 is 33.5. The first-order valence-electron chi connectivity index (χ1n) is 8.81. The van der Waals surface area contributed by atoms with Gasteiger partial charge in [0.15, 0.2) is 11.7 Å². The summed E-state index contributed by atoms with van der Waals surface area (Å²) in [6.45, 7) is -0.190. The highest BCUT2D eigenvalue weighted by molar-refractivity contribution is 7.93. The van der Waals surface area contributed by atoms with Crippen LogP contribution in [0.25, 0.3) is 10.9 Å². The molecule has 0 aliphatic rings. The normalized spacial score (nSPS) is 11.2. The van der Waals surface area contributed by atoms with E-state index in [-0.39, 0.29) is 25.4 Å². The predicted octanol–water partition coefficient (Wildman–Crippen LogP) is 4.00. The zero-order valence-corrected chi connectivity index (χ0v) is 17.1. The lowest BCUT2D eigenvalue weighted by atomic mass is 10.2. The number of ether oxygens (including phenoxy) is 1. The Kier molecular flexibility index (Phi) is 5.59. The van der Waals surface area contributed by atoms with Gasteiger partial charge in [0.2, 0.25) is 0 Å². The Balaban J connectivity index is 0.00000181. The predicted molar refractivity (Wildman–Crippen MR) is 119 cm³/mol. The second-order valence-electron chi connectivity index (χ2n) is 6.10. The van der Waals surface area contributed by atoms with Gasteiger partial charge in [-0.25, -0.2) is 13.4 Å². The molecule has 2 N–H and O–H groups in total. The molecule has 0 aliphatic heterocycles. The van der Waals surface area contributed by atoms with Crippen LogP contribution in [0.5, 0.6) is 5.75 Å². The van der Waals surface area contributed by atoms with Crippen molar-refractivity contribution >= 4 is 49.0 Å². The minimum Gasteiger partial charge on any atom is -0.484 e. The van der Waals surface area contributed by atoms with Crippen LogP contribution in [0.2, 0.25) is 0 Å². The van der Waals surface area contributed by atoms with E-state index in [9.17, 15) is 13.2 Å². The van der Waals surface area contributed by atoms with Crippen LogP contribution < -0.4 is 14.8 Å². The van der Waals surface area contributed by atoms with Gasteiger partial charge in [-0.05, 0) is 36.4 Å². The molecule has 0 radical (unpaired) electrons. The molecule has 0 spiro atoms. The number of carbonyl (C=O) groups is 1. The summed E-state index contributed by atoms with van der Waals surface area (Å²) in [5, 5.41) is 5.05.